The van der Waals surface area contributed by atoms with Crippen molar-refractivity contribution in [2.24, 2.45) is 17.8 Å². The Morgan fingerprint density at radius 3 is 2.42 bits per heavy atom. The minimum absolute atomic E-state index is 0.0189. The van der Waals surface area contributed by atoms with Crippen LogP contribution >= 0.6 is 0 Å². The predicted molar refractivity (Wildman–Crippen MR) is 135 cm³/mol. The van der Waals surface area contributed by atoms with E-state index < -0.39 is 12.5 Å². The Hall–Kier alpha value is -2.74. The summed E-state index contributed by atoms with van der Waals surface area (Å²) in [5.74, 6) is 1.41. The van der Waals surface area contributed by atoms with Crippen LogP contribution in [0.1, 0.15) is 72.1 Å². The van der Waals surface area contributed by atoms with Crippen molar-refractivity contribution in [2.75, 3.05) is 25.5 Å². The third kappa shape index (κ3) is 3.67. The lowest BCUT2D eigenvalue weighted by Crippen LogP contribution is -2.62. The van der Waals surface area contributed by atoms with E-state index in [4.69, 9.17) is 0 Å². The average Bonchev–Trinajstić information content (AvgIpc) is 2.76. The van der Waals surface area contributed by atoms with Crippen molar-refractivity contribution in [3.05, 3.63) is 63.1 Å². The Labute approximate surface area is 210 Å². The first-order valence-electron chi connectivity index (χ1n) is 13.1. The van der Waals surface area contributed by atoms with Gasteiger partial charge in [-0.3, -0.25) is 9.59 Å². The average molecular weight is 497 g/mol. The fraction of sp³-hybridized carbons (Fsp3) is 0.571. The van der Waals surface area contributed by atoms with Gasteiger partial charge in [0.25, 0.3) is 17.9 Å². The van der Waals surface area contributed by atoms with Crippen LogP contribution in [0, 0.1) is 24.7 Å². The van der Waals surface area contributed by atoms with Crippen molar-refractivity contribution in [1.29, 1.82) is 0 Å². The number of halogens is 2. The van der Waals surface area contributed by atoms with Crippen molar-refractivity contribution < 1.29 is 13.6 Å². The highest BCUT2D eigenvalue weighted by molar-refractivity contribution is 5.99. The molecule has 6 nitrogen and oxygen atoms in total. The number of pyridine rings is 1. The van der Waals surface area contributed by atoms with Crippen molar-refractivity contribution in [3.8, 4) is 0 Å². The molecule has 4 saturated carbocycles. The van der Waals surface area contributed by atoms with E-state index in [-0.39, 0.29) is 28.6 Å². The van der Waals surface area contributed by atoms with Gasteiger partial charge in [-0.25, -0.2) is 8.78 Å². The number of amides is 1. The number of nitrogens with one attached hydrogen (secondary N) is 2. The molecule has 192 valence electrons. The Morgan fingerprint density at radius 2 is 1.81 bits per heavy atom. The summed E-state index contributed by atoms with van der Waals surface area (Å²) in [5, 5.41) is 6.59. The van der Waals surface area contributed by atoms with Gasteiger partial charge in [-0.2, -0.15) is 0 Å². The summed E-state index contributed by atoms with van der Waals surface area (Å²) in [6.07, 6.45) is 3.33. The van der Waals surface area contributed by atoms with Crippen LogP contribution in [0.25, 0.3) is 0 Å². The molecule has 1 saturated heterocycles. The summed E-state index contributed by atoms with van der Waals surface area (Å²) in [6, 6.07) is 6.19. The monoisotopic (exact) mass is 496 g/mol. The van der Waals surface area contributed by atoms with Gasteiger partial charge in [0.15, 0.2) is 0 Å². The standard InChI is InChI=1S/C28H34F2N4O2/c1-15-20(5-4-6-21(15)26(29)30)16(2)31-27(36)22-14-34(28-9-17(10-28)11-28)24(35)8-23(22)32-25-18-7-19(25)13-33(3)12-18/h4-6,8,14,16-19,25-26,32H,7,9-13H2,1-3H3,(H,31,36)/t16-,17?,18-,19+,25+,28?/m1/s1. The van der Waals surface area contributed by atoms with Gasteiger partial charge in [0.05, 0.1) is 17.3 Å². The normalized spacial score (nSPS) is 31.2. The zero-order chi connectivity index (χ0) is 25.4. The molecule has 4 bridgehead atoms. The van der Waals surface area contributed by atoms with E-state index >= 15 is 0 Å². The van der Waals surface area contributed by atoms with Crippen LogP contribution in [-0.4, -0.2) is 41.6 Å². The lowest BCUT2D eigenvalue weighted by molar-refractivity contribution is -0.0914. The highest BCUT2D eigenvalue weighted by Gasteiger charge is 2.58. The molecular weight excluding hydrogens is 462 g/mol. The van der Waals surface area contributed by atoms with Crippen molar-refractivity contribution in [3.63, 3.8) is 0 Å². The molecule has 1 aromatic heterocycles. The quantitative estimate of drug-likeness (QED) is 0.594. The minimum Gasteiger partial charge on any atom is -0.381 e. The Morgan fingerprint density at radius 1 is 1.14 bits per heavy atom. The van der Waals surface area contributed by atoms with Crippen LogP contribution in [0.15, 0.2) is 35.3 Å². The van der Waals surface area contributed by atoms with E-state index in [1.807, 2.05) is 6.92 Å². The van der Waals surface area contributed by atoms with Crippen molar-refractivity contribution in [1.82, 2.24) is 14.8 Å². The molecule has 1 aliphatic heterocycles. The van der Waals surface area contributed by atoms with Crippen LogP contribution in [0.5, 0.6) is 0 Å². The summed E-state index contributed by atoms with van der Waals surface area (Å²) < 4.78 is 28.7. The number of alkyl halides is 2. The maximum Gasteiger partial charge on any atom is 0.264 e. The Kier molecular flexibility index (Phi) is 5.52. The van der Waals surface area contributed by atoms with Crippen LogP contribution < -0.4 is 16.2 Å². The van der Waals surface area contributed by atoms with Crippen molar-refractivity contribution >= 4 is 11.6 Å². The number of aromatic nitrogens is 1. The Balaban J connectivity index is 1.30. The van der Waals surface area contributed by atoms with E-state index in [0.29, 0.717) is 40.1 Å². The van der Waals surface area contributed by atoms with Crippen molar-refractivity contribution in [2.45, 2.75) is 63.6 Å². The molecule has 36 heavy (non-hydrogen) atoms. The zero-order valence-electron chi connectivity index (χ0n) is 21.1. The molecular formula is C28H34F2N4O2. The highest BCUT2D eigenvalue weighted by Crippen LogP contribution is 2.61. The maximum absolute atomic E-state index is 13.7. The minimum atomic E-state index is -2.57. The number of piperidine rings is 2. The number of fused-ring (bicyclic) bond motifs is 2. The summed E-state index contributed by atoms with van der Waals surface area (Å²) in [5.41, 5.74) is 1.96. The van der Waals surface area contributed by atoms with Gasteiger partial charge in [-0.05, 0) is 75.5 Å². The van der Waals surface area contributed by atoms with E-state index in [0.717, 1.165) is 32.4 Å². The second-order valence-electron chi connectivity index (χ2n) is 11.7. The number of nitrogens with zero attached hydrogens (tertiary/aromatic N) is 2. The lowest BCUT2D eigenvalue weighted by atomic mass is 9.49. The molecule has 5 aliphatic rings. The maximum atomic E-state index is 13.7. The van der Waals surface area contributed by atoms with Gasteiger partial charge >= 0.3 is 0 Å². The first-order chi connectivity index (χ1) is 17.1. The van der Waals surface area contributed by atoms with Gasteiger partial charge < -0.3 is 20.1 Å². The molecule has 4 atom stereocenters. The summed E-state index contributed by atoms with van der Waals surface area (Å²) in [4.78, 5) is 29.2. The Bertz CT molecular complexity index is 1250. The number of hydrogen-bond acceptors (Lipinski definition) is 4. The van der Waals surface area contributed by atoms with Crippen LogP contribution in [0.4, 0.5) is 14.5 Å². The predicted octanol–water partition coefficient (Wildman–Crippen LogP) is 4.46. The van der Waals surface area contributed by atoms with Gasteiger partial charge in [-0.1, -0.05) is 18.2 Å². The molecule has 8 heteroatoms. The smallest absolute Gasteiger partial charge is 0.264 e. The molecule has 2 N–H and O–H groups in total. The molecule has 7 rings (SSSR count). The van der Waals surface area contributed by atoms with Crippen LogP contribution in [0.3, 0.4) is 0 Å². The molecule has 4 aliphatic carbocycles. The summed E-state index contributed by atoms with van der Waals surface area (Å²) in [6.45, 7) is 5.50. The third-order valence-corrected chi connectivity index (χ3v) is 9.32. The van der Waals surface area contributed by atoms with Gasteiger partial charge in [0.2, 0.25) is 0 Å². The molecule has 1 aromatic carbocycles. The fourth-order valence-electron chi connectivity index (χ4n) is 7.20. The first-order valence-corrected chi connectivity index (χ1v) is 13.1. The van der Waals surface area contributed by atoms with E-state index in [1.54, 1.807) is 35.9 Å². The fourth-order valence-corrected chi connectivity index (χ4v) is 7.20. The number of benzene rings is 1. The molecule has 0 radical (unpaired) electrons. The van der Waals surface area contributed by atoms with E-state index in [9.17, 15) is 18.4 Å². The molecule has 2 heterocycles. The second kappa shape index (κ2) is 8.40. The van der Waals surface area contributed by atoms with Gasteiger partial charge in [0.1, 0.15) is 0 Å². The third-order valence-electron chi connectivity index (χ3n) is 9.32. The van der Waals surface area contributed by atoms with Gasteiger partial charge in [0, 0.05) is 42.5 Å². The molecule has 0 spiro atoms. The van der Waals surface area contributed by atoms with Crippen LogP contribution in [-0.2, 0) is 5.54 Å². The number of anilines is 1. The molecule has 5 fully saturated rings. The molecule has 0 unspecified atom stereocenters. The molecule has 2 aromatic rings. The number of hydrogen-bond donors (Lipinski definition) is 2. The zero-order valence-corrected chi connectivity index (χ0v) is 21.1. The second-order valence-corrected chi connectivity index (χ2v) is 11.7. The van der Waals surface area contributed by atoms with Gasteiger partial charge in [-0.15, -0.1) is 0 Å². The number of rotatable bonds is 7. The first kappa shape index (κ1) is 23.6. The largest absolute Gasteiger partial charge is 0.381 e. The number of carbonyl (C=O) groups is 1. The van der Waals surface area contributed by atoms with Crippen LogP contribution in [0.2, 0.25) is 0 Å². The molecule has 1 amide bonds. The SMILES string of the molecule is Cc1c(C(F)F)cccc1[C@@H](C)NC(=O)c1cn(C23CC(C2)C3)c(=O)cc1N[C@H]1[C@@H]2C[C@H]1CN(C)C2. The topological polar surface area (TPSA) is 66.4 Å². The lowest BCUT2D eigenvalue weighted by Gasteiger charge is -2.62. The highest BCUT2D eigenvalue weighted by atomic mass is 19.3. The number of carbonyl (C=O) groups excluding carboxylic acids is 1. The summed E-state index contributed by atoms with van der Waals surface area (Å²) >= 11 is 0. The number of likely N-dealkylation sites (tertiary alicyclic amines) is 1. The van der Waals surface area contributed by atoms with E-state index in [2.05, 4.69) is 22.6 Å². The van der Waals surface area contributed by atoms with E-state index in [1.165, 1.54) is 12.5 Å². The summed E-state index contributed by atoms with van der Waals surface area (Å²) in [7, 11) is 2.13.